The smallest absolute Gasteiger partial charge is 0.242 e. The minimum absolute atomic E-state index is 0.0854. The molecule has 148 valence electrons. The minimum Gasteiger partial charge on any atom is -0.479 e. The standard InChI is InChI=1S/C19H30N6O2/c1-13-15(14(2)22-18-17(13)19(27-4)23-24(18)3)5-6-16(26)21-9-12-25-10-7-20-8-11-25/h20H,5-12H2,1-4H3,(H,21,26). The Labute approximate surface area is 160 Å². The van der Waals surface area contributed by atoms with Gasteiger partial charge in [-0.3, -0.25) is 9.69 Å². The molecule has 3 heterocycles. The average Bonchev–Trinajstić information content (AvgIpc) is 2.98. The summed E-state index contributed by atoms with van der Waals surface area (Å²) in [5, 5.41) is 11.7. The third kappa shape index (κ3) is 4.39. The Morgan fingerprint density at radius 2 is 2.04 bits per heavy atom. The second-order valence-corrected chi connectivity index (χ2v) is 7.07. The molecule has 0 spiro atoms. The van der Waals surface area contributed by atoms with Crippen molar-refractivity contribution in [3.8, 4) is 5.88 Å². The average molecular weight is 374 g/mol. The zero-order chi connectivity index (χ0) is 19.4. The van der Waals surface area contributed by atoms with E-state index in [1.807, 2.05) is 14.0 Å². The second kappa shape index (κ2) is 8.67. The lowest BCUT2D eigenvalue weighted by molar-refractivity contribution is -0.121. The van der Waals surface area contributed by atoms with Crippen LogP contribution in [0, 0.1) is 13.8 Å². The zero-order valence-corrected chi connectivity index (χ0v) is 16.8. The molecular formula is C19H30N6O2. The molecular weight excluding hydrogens is 344 g/mol. The van der Waals surface area contributed by atoms with Gasteiger partial charge in [-0.2, -0.15) is 0 Å². The summed E-state index contributed by atoms with van der Waals surface area (Å²) >= 11 is 0. The number of fused-ring (bicyclic) bond motifs is 1. The Morgan fingerprint density at radius 1 is 1.30 bits per heavy atom. The first-order valence-corrected chi connectivity index (χ1v) is 9.57. The highest BCUT2D eigenvalue weighted by Crippen LogP contribution is 2.30. The number of ether oxygens (including phenoxy) is 1. The Bertz CT molecular complexity index is 810. The van der Waals surface area contributed by atoms with E-state index in [2.05, 4.69) is 32.5 Å². The summed E-state index contributed by atoms with van der Waals surface area (Å²) < 4.78 is 7.14. The largest absolute Gasteiger partial charge is 0.479 e. The van der Waals surface area contributed by atoms with Crippen molar-refractivity contribution in [3.05, 3.63) is 16.8 Å². The normalized spacial score (nSPS) is 15.3. The van der Waals surface area contributed by atoms with E-state index in [0.717, 1.165) is 60.6 Å². The number of methoxy groups -OCH3 is 1. The number of aryl methyl sites for hydroxylation is 3. The van der Waals surface area contributed by atoms with E-state index in [9.17, 15) is 4.79 Å². The van der Waals surface area contributed by atoms with Gasteiger partial charge in [-0.15, -0.1) is 5.10 Å². The Hall–Kier alpha value is -2.19. The van der Waals surface area contributed by atoms with Gasteiger partial charge in [-0.05, 0) is 31.4 Å². The second-order valence-electron chi connectivity index (χ2n) is 7.07. The highest BCUT2D eigenvalue weighted by atomic mass is 16.5. The number of pyridine rings is 1. The van der Waals surface area contributed by atoms with E-state index in [1.54, 1.807) is 11.8 Å². The van der Waals surface area contributed by atoms with Crippen molar-refractivity contribution in [1.82, 2.24) is 30.3 Å². The van der Waals surface area contributed by atoms with Gasteiger partial charge in [0.25, 0.3) is 0 Å². The molecule has 0 atom stereocenters. The van der Waals surface area contributed by atoms with Gasteiger partial charge < -0.3 is 15.4 Å². The number of rotatable bonds is 7. The Balaban J connectivity index is 1.60. The molecule has 0 bridgehead atoms. The van der Waals surface area contributed by atoms with Gasteiger partial charge >= 0.3 is 0 Å². The fourth-order valence-electron chi connectivity index (χ4n) is 3.72. The molecule has 0 aliphatic carbocycles. The molecule has 0 radical (unpaired) electrons. The van der Waals surface area contributed by atoms with Crippen LogP contribution < -0.4 is 15.4 Å². The molecule has 0 saturated carbocycles. The molecule has 2 aromatic heterocycles. The van der Waals surface area contributed by atoms with Crippen LogP contribution in [-0.2, 0) is 18.3 Å². The van der Waals surface area contributed by atoms with E-state index in [0.29, 0.717) is 25.3 Å². The van der Waals surface area contributed by atoms with Crippen molar-refractivity contribution in [2.45, 2.75) is 26.7 Å². The van der Waals surface area contributed by atoms with Crippen molar-refractivity contribution in [2.75, 3.05) is 46.4 Å². The summed E-state index contributed by atoms with van der Waals surface area (Å²) in [5.41, 5.74) is 3.95. The highest BCUT2D eigenvalue weighted by molar-refractivity contribution is 5.86. The summed E-state index contributed by atoms with van der Waals surface area (Å²) in [7, 11) is 3.48. The maximum atomic E-state index is 12.3. The summed E-state index contributed by atoms with van der Waals surface area (Å²) in [6.45, 7) is 9.80. The van der Waals surface area contributed by atoms with Crippen LogP contribution in [0.2, 0.25) is 0 Å². The minimum atomic E-state index is 0.0854. The number of hydrogen-bond acceptors (Lipinski definition) is 6. The SMILES string of the molecule is COc1nn(C)c2nc(C)c(CCC(=O)NCCN3CCNCC3)c(C)c12. The maximum Gasteiger partial charge on any atom is 0.242 e. The molecule has 0 unspecified atom stereocenters. The molecule has 2 N–H and O–H groups in total. The van der Waals surface area contributed by atoms with Gasteiger partial charge in [0.05, 0.1) is 12.5 Å². The predicted octanol–water partition coefficient (Wildman–Crippen LogP) is 0.548. The molecule has 1 fully saturated rings. The van der Waals surface area contributed by atoms with E-state index in [1.165, 1.54) is 0 Å². The van der Waals surface area contributed by atoms with Gasteiger partial charge in [-0.25, -0.2) is 9.67 Å². The number of piperazine rings is 1. The number of hydrogen-bond donors (Lipinski definition) is 2. The topological polar surface area (TPSA) is 84.3 Å². The molecule has 1 aliphatic heterocycles. The first-order valence-electron chi connectivity index (χ1n) is 9.57. The maximum absolute atomic E-state index is 12.3. The number of nitrogens with zero attached hydrogens (tertiary/aromatic N) is 4. The fraction of sp³-hybridized carbons (Fsp3) is 0.632. The number of amides is 1. The number of nitrogens with one attached hydrogen (secondary N) is 2. The Kier molecular flexibility index (Phi) is 6.28. The number of carbonyl (C=O) groups is 1. The lowest BCUT2D eigenvalue weighted by atomic mass is 10.00. The highest BCUT2D eigenvalue weighted by Gasteiger charge is 2.18. The molecule has 8 nitrogen and oxygen atoms in total. The van der Waals surface area contributed by atoms with Crippen LogP contribution in [0.25, 0.3) is 11.0 Å². The Morgan fingerprint density at radius 3 is 2.74 bits per heavy atom. The first kappa shape index (κ1) is 19.6. The molecule has 0 aromatic carbocycles. The fourth-order valence-corrected chi connectivity index (χ4v) is 3.72. The van der Waals surface area contributed by atoms with Gasteiger partial charge in [-0.1, -0.05) is 0 Å². The quantitative estimate of drug-likeness (QED) is 0.736. The summed E-state index contributed by atoms with van der Waals surface area (Å²) in [6, 6.07) is 0. The summed E-state index contributed by atoms with van der Waals surface area (Å²) in [6.07, 6.45) is 1.12. The van der Waals surface area contributed by atoms with Crippen molar-refractivity contribution in [2.24, 2.45) is 7.05 Å². The van der Waals surface area contributed by atoms with Crippen LogP contribution in [-0.4, -0.2) is 71.9 Å². The van der Waals surface area contributed by atoms with E-state index in [-0.39, 0.29) is 5.91 Å². The van der Waals surface area contributed by atoms with Crippen molar-refractivity contribution in [3.63, 3.8) is 0 Å². The molecule has 27 heavy (non-hydrogen) atoms. The molecule has 1 amide bonds. The van der Waals surface area contributed by atoms with Crippen LogP contribution in [0.1, 0.15) is 23.2 Å². The third-order valence-electron chi connectivity index (χ3n) is 5.28. The predicted molar refractivity (Wildman–Crippen MR) is 105 cm³/mol. The van der Waals surface area contributed by atoms with Crippen LogP contribution in [0.3, 0.4) is 0 Å². The van der Waals surface area contributed by atoms with E-state index >= 15 is 0 Å². The lowest BCUT2D eigenvalue weighted by Gasteiger charge is -2.27. The van der Waals surface area contributed by atoms with E-state index < -0.39 is 0 Å². The van der Waals surface area contributed by atoms with Gasteiger partial charge in [0.2, 0.25) is 11.8 Å². The van der Waals surface area contributed by atoms with Crippen molar-refractivity contribution in [1.29, 1.82) is 0 Å². The van der Waals surface area contributed by atoms with Crippen molar-refractivity contribution < 1.29 is 9.53 Å². The zero-order valence-electron chi connectivity index (χ0n) is 16.8. The van der Waals surface area contributed by atoms with Crippen LogP contribution >= 0.6 is 0 Å². The number of carbonyl (C=O) groups excluding carboxylic acids is 1. The third-order valence-corrected chi connectivity index (χ3v) is 5.28. The van der Waals surface area contributed by atoms with Gasteiger partial charge in [0.15, 0.2) is 5.65 Å². The van der Waals surface area contributed by atoms with Gasteiger partial charge in [0, 0.05) is 58.4 Å². The van der Waals surface area contributed by atoms with Crippen LogP contribution in [0.4, 0.5) is 0 Å². The number of aromatic nitrogens is 3. The van der Waals surface area contributed by atoms with Crippen LogP contribution in [0.5, 0.6) is 5.88 Å². The summed E-state index contributed by atoms with van der Waals surface area (Å²) in [4.78, 5) is 19.3. The van der Waals surface area contributed by atoms with Gasteiger partial charge in [0.1, 0.15) is 0 Å². The summed E-state index contributed by atoms with van der Waals surface area (Å²) in [5.74, 6) is 0.668. The van der Waals surface area contributed by atoms with E-state index in [4.69, 9.17) is 4.74 Å². The monoisotopic (exact) mass is 374 g/mol. The molecule has 8 heteroatoms. The molecule has 3 rings (SSSR count). The molecule has 1 aliphatic rings. The molecule has 1 saturated heterocycles. The first-order chi connectivity index (χ1) is 13.0. The van der Waals surface area contributed by atoms with Crippen LogP contribution in [0.15, 0.2) is 0 Å². The van der Waals surface area contributed by atoms with Crippen molar-refractivity contribution >= 4 is 16.9 Å². The molecule has 2 aromatic rings. The lowest BCUT2D eigenvalue weighted by Crippen LogP contribution is -2.46.